The fourth-order valence-electron chi connectivity index (χ4n) is 1.34. The molecule has 1 N–H and O–H groups in total. The Balaban J connectivity index is 2.47. The number of nitrogens with zero attached hydrogens (tertiary/aromatic N) is 2. The van der Waals surface area contributed by atoms with Gasteiger partial charge in [0.25, 0.3) is 0 Å². The highest BCUT2D eigenvalue weighted by Gasteiger charge is 2.20. The Labute approximate surface area is 66.0 Å². The van der Waals surface area contributed by atoms with E-state index < -0.39 is 0 Å². The normalized spacial score (nSPS) is 21.3. The molecular formula is C8H11N3. The maximum absolute atomic E-state index is 4.04. The highest BCUT2D eigenvalue weighted by molar-refractivity contribution is 5.74. The Morgan fingerprint density at radius 3 is 3.18 bits per heavy atom. The summed E-state index contributed by atoms with van der Waals surface area (Å²) in [6.45, 7) is 2.12. The van der Waals surface area contributed by atoms with Gasteiger partial charge in [0.2, 0.25) is 0 Å². The molecule has 3 nitrogen and oxygen atoms in total. The number of aromatic nitrogens is 1. The van der Waals surface area contributed by atoms with Crippen LogP contribution in [0.4, 0.5) is 11.4 Å². The van der Waals surface area contributed by atoms with Gasteiger partial charge in [0.1, 0.15) is 0 Å². The van der Waals surface area contributed by atoms with E-state index in [1.54, 1.807) is 0 Å². The van der Waals surface area contributed by atoms with Gasteiger partial charge in [-0.3, -0.25) is 4.98 Å². The summed E-state index contributed by atoms with van der Waals surface area (Å²) >= 11 is 0. The van der Waals surface area contributed by atoms with Crippen LogP contribution in [-0.4, -0.2) is 18.2 Å². The molecular weight excluding hydrogens is 138 g/mol. The van der Waals surface area contributed by atoms with Crippen LogP contribution in [0.2, 0.25) is 0 Å². The lowest BCUT2D eigenvalue weighted by atomic mass is 10.3. The first kappa shape index (κ1) is 6.46. The first-order chi connectivity index (χ1) is 5.29. The molecule has 11 heavy (non-hydrogen) atoms. The molecule has 1 aliphatic rings. The minimum Gasteiger partial charge on any atom is -0.362 e. The van der Waals surface area contributed by atoms with E-state index in [0.717, 1.165) is 5.69 Å². The molecule has 0 spiro atoms. The number of hydrogen-bond acceptors (Lipinski definition) is 3. The first-order valence-electron chi connectivity index (χ1n) is 3.72. The summed E-state index contributed by atoms with van der Waals surface area (Å²) in [5, 5.41) is 3.31. The molecule has 2 heterocycles. The standard InChI is InChI=1S/C8H11N3/c1-6-10-7-5-9-4-3-8(7)11(6)2/h3-6,10H,1-2H3. The van der Waals surface area contributed by atoms with Crippen molar-refractivity contribution in [1.29, 1.82) is 0 Å². The maximum Gasteiger partial charge on any atom is 0.0959 e. The minimum atomic E-state index is 0.384. The third kappa shape index (κ3) is 0.843. The van der Waals surface area contributed by atoms with Crippen LogP contribution in [0.1, 0.15) is 6.92 Å². The smallest absolute Gasteiger partial charge is 0.0959 e. The molecule has 0 bridgehead atoms. The molecule has 0 aromatic carbocycles. The largest absolute Gasteiger partial charge is 0.362 e. The lowest BCUT2D eigenvalue weighted by Crippen LogP contribution is -2.28. The summed E-state index contributed by atoms with van der Waals surface area (Å²) in [5.74, 6) is 0. The van der Waals surface area contributed by atoms with Gasteiger partial charge in [-0.25, -0.2) is 0 Å². The molecule has 1 atom stereocenters. The summed E-state index contributed by atoms with van der Waals surface area (Å²) in [7, 11) is 2.07. The predicted molar refractivity (Wildman–Crippen MR) is 45.7 cm³/mol. The van der Waals surface area contributed by atoms with Gasteiger partial charge >= 0.3 is 0 Å². The summed E-state index contributed by atoms with van der Waals surface area (Å²) in [5.41, 5.74) is 2.36. The third-order valence-corrected chi connectivity index (χ3v) is 2.12. The third-order valence-electron chi connectivity index (χ3n) is 2.12. The molecule has 1 aliphatic heterocycles. The number of anilines is 2. The number of rotatable bonds is 0. The molecule has 0 radical (unpaired) electrons. The lowest BCUT2D eigenvalue weighted by Gasteiger charge is -2.16. The predicted octanol–water partition coefficient (Wildman–Crippen LogP) is 1.29. The molecule has 0 saturated heterocycles. The fraction of sp³-hybridized carbons (Fsp3) is 0.375. The van der Waals surface area contributed by atoms with Crippen molar-refractivity contribution in [3.05, 3.63) is 18.5 Å². The van der Waals surface area contributed by atoms with Gasteiger partial charge in [-0.15, -0.1) is 0 Å². The van der Waals surface area contributed by atoms with Crippen LogP contribution in [0, 0.1) is 0 Å². The summed E-state index contributed by atoms with van der Waals surface area (Å²) in [6, 6.07) is 2.02. The Morgan fingerprint density at radius 2 is 2.45 bits per heavy atom. The molecule has 1 aromatic heterocycles. The van der Waals surface area contributed by atoms with Gasteiger partial charge in [-0.05, 0) is 13.0 Å². The van der Waals surface area contributed by atoms with Crippen molar-refractivity contribution in [2.75, 3.05) is 17.3 Å². The van der Waals surface area contributed by atoms with Gasteiger partial charge in [-0.2, -0.15) is 0 Å². The van der Waals surface area contributed by atoms with Gasteiger partial charge < -0.3 is 10.2 Å². The Kier molecular flexibility index (Phi) is 1.24. The minimum absolute atomic E-state index is 0.384. The number of pyridine rings is 1. The van der Waals surface area contributed by atoms with Crippen LogP contribution in [0.15, 0.2) is 18.5 Å². The van der Waals surface area contributed by atoms with Crippen LogP contribution < -0.4 is 10.2 Å². The highest BCUT2D eigenvalue weighted by Crippen LogP contribution is 2.31. The lowest BCUT2D eigenvalue weighted by molar-refractivity contribution is 0.806. The van der Waals surface area contributed by atoms with E-state index in [1.165, 1.54) is 5.69 Å². The molecule has 3 heteroatoms. The van der Waals surface area contributed by atoms with Crippen LogP contribution in [0.25, 0.3) is 0 Å². The molecule has 2 rings (SSSR count). The number of nitrogens with one attached hydrogen (secondary N) is 1. The number of fused-ring (bicyclic) bond motifs is 1. The van der Waals surface area contributed by atoms with E-state index in [0.29, 0.717) is 6.17 Å². The van der Waals surface area contributed by atoms with Crippen molar-refractivity contribution in [2.24, 2.45) is 0 Å². The number of hydrogen-bond donors (Lipinski definition) is 1. The van der Waals surface area contributed by atoms with Crippen molar-refractivity contribution < 1.29 is 0 Å². The quantitative estimate of drug-likeness (QED) is 0.602. The van der Waals surface area contributed by atoms with E-state index in [2.05, 4.69) is 29.2 Å². The van der Waals surface area contributed by atoms with E-state index in [1.807, 2.05) is 18.5 Å². The Bertz CT molecular complexity index is 272. The van der Waals surface area contributed by atoms with Gasteiger partial charge in [0.15, 0.2) is 0 Å². The van der Waals surface area contributed by atoms with Gasteiger partial charge in [0, 0.05) is 13.2 Å². The van der Waals surface area contributed by atoms with Gasteiger partial charge in [0.05, 0.1) is 23.7 Å². The summed E-state index contributed by atoms with van der Waals surface area (Å²) in [6.07, 6.45) is 4.05. The van der Waals surface area contributed by atoms with Crippen LogP contribution >= 0.6 is 0 Å². The molecule has 0 fully saturated rings. The Morgan fingerprint density at radius 1 is 1.64 bits per heavy atom. The van der Waals surface area contributed by atoms with E-state index in [-0.39, 0.29) is 0 Å². The average Bonchev–Trinajstić information content (AvgIpc) is 2.30. The topological polar surface area (TPSA) is 28.2 Å². The summed E-state index contributed by atoms with van der Waals surface area (Å²) in [4.78, 5) is 6.23. The SMILES string of the molecule is CC1Nc2cnccc2N1C. The van der Waals surface area contributed by atoms with Crippen LogP contribution in [0.3, 0.4) is 0 Å². The molecule has 0 aliphatic carbocycles. The fourth-order valence-corrected chi connectivity index (χ4v) is 1.34. The van der Waals surface area contributed by atoms with Crippen LogP contribution in [0.5, 0.6) is 0 Å². The van der Waals surface area contributed by atoms with Crippen molar-refractivity contribution in [1.82, 2.24) is 4.98 Å². The van der Waals surface area contributed by atoms with E-state index in [9.17, 15) is 0 Å². The van der Waals surface area contributed by atoms with E-state index in [4.69, 9.17) is 0 Å². The zero-order chi connectivity index (χ0) is 7.84. The average molecular weight is 149 g/mol. The zero-order valence-electron chi connectivity index (χ0n) is 6.70. The van der Waals surface area contributed by atoms with Crippen molar-refractivity contribution in [3.63, 3.8) is 0 Å². The molecule has 0 saturated carbocycles. The van der Waals surface area contributed by atoms with E-state index >= 15 is 0 Å². The molecule has 58 valence electrons. The second-order valence-electron chi connectivity index (χ2n) is 2.82. The molecule has 1 unspecified atom stereocenters. The van der Waals surface area contributed by atoms with Crippen molar-refractivity contribution in [2.45, 2.75) is 13.1 Å². The second kappa shape index (κ2) is 2.12. The second-order valence-corrected chi connectivity index (χ2v) is 2.82. The Hall–Kier alpha value is -1.25. The molecule has 1 aromatic rings. The van der Waals surface area contributed by atoms with Crippen molar-refractivity contribution in [3.8, 4) is 0 Å². The maximum atomic E-state index is 4.04. The van der Waals surface area contributed by atoms with Crippen molar-refractivity contribution >= 4 is 11.4 Å². The van der Waals surface area contributed by atoms with Gasteiger partial charge in [-0.1, -0.05) is 0 Å². The van der Waals surface area contributed by atoms with Crippen LogP contribution in [-0.2, 0) is 0 Å². The monoisotopic (exact) mass is 149 g/mol. The zero-order valence-corrected chi connectivity index (χ0v) is 6.70. The molecule has 0 amide bonds. The summed E-state index contributed by atoms with van der Waals surface area (Å²) < 4.78 is 0. The first-order valence-corrected chi connectivity index (χ1v) is 3.72. The highest BCUT2D eigenvalue weighted by atomic mass is 15.3.